The van der Waals surface area contributed by atoms with E-state index in [-0.39, 0.29) is 12.4 Å². The van der Waals surface area contributed by atoms with Crippen LogP contribution in [-0.2, 0) is 6.54 Å². The van der Waals surface area contributed by atoms with E-state index in [4.69, 9.17) is 10.5 Å². The number of anilines is 1. The Labute approximate surface area is 137 Å². The molecule has 0 atom stereocenters. The quantitative estimate of drug-likeness (QED) is 0.716. The Morgan fingerprint density at radius 2 is 2.14 bits per heavy atom. The SMILES string of the molecule is Cl.Nc1nc2cc(-c3ccc4c(c3)CNCCO4)cnc2s1. The molecule has 1 aliphatic heterocycles. The molecule has 0 bridgehead atoms. The van der Waals surface area contributed by atoms with Crippen molar-refractivity contribution in [3.05, 3.63) is 36.0 Å². The second kappa shape index (κ2) is 6.08. The third kappa shape index (κ3) is 2.72. The van der Waals surface area contributed by atoms with Gasteiger partial charge >= 0.3 is 0 Å². The van der Waals surface area contributed by atoms with Crippen LogP contribution < -0.4 is 15.8 Å². The summed E-state index contributed by atoms with van der Waals surface area (Å²) in [7, 11) is 0. The lowest BCUT2D eigenvalue weighted by atomic mass is 10.0. The average molecular weight is 335 g/mol. The topological polar surface area (TPSA) is 73.1 Å². The number of hydrogen-bond donors (Lipinski definition) is 2. The summed E-state index contributed by atoms with van der Waals surface area (Å²) in [5, 5.41) is 3.90. The summed E-state index contributed by atoms with van der Waals surface area (Å²) in [4.78, 5) is 9.61. The van der Waals surface area contributed by atoms with Crippen LogP contribution in [0.15, 0.2) is 30.5 Å². The van der Waals surface area contributed by atoms with E-state index in [0.29, 0.717) is 11.7 Å². The Kier molecular flexibility index (Phi) is 4.15. The van der Waals surface area contributed by atoms with Gasteiger partial charge in [0, 0.05) is 30.4 Å². The number of pyridine rings is 1. The predicted octanol–water partition coefficient (Wildman–Crippen LogP) is 2.84. The van der Waals surface area contributed by atoms with Gasteiger partial charge in [-0.2, -0.15) is 0 Å². The number of halogens is 1. The highest BCUT2D eigenvalue weighted by Gasteiger charge is 2.11. The molecule has 0 amide bonds. The van der Waals surface area contributed by atoms with Crippen molar-refractivity contribution in [3.63, 3.8) is 0 Å². The molecule has 3 aromatic rings. The summed E-state index contributed by atoms with van der Waals surface area (Å²) < 4.78 is 5.71. The standard InChI is InChI=1S/C15H14N4OS.ClH/c16-15-19-12-6-10(8-18-14(12)21-15)9-1-2-13-11(5-9)7-17-3-4-20-13;/h1-2,5-6,8,17H,3-4,7H2,(H2,16,19);1H. The van der Waals surface area contributed by atoms with Crippen molar-refractivity contribution in [3.8, 4) is 16.9 Å². The van der Waals surface area contributed by atoms with Crippen LogP contribution in [-0.4, -0.2) is 23.1 Å². The summed E-state index contributed by atoms with van der Waals surface area (Å²) in [5.74, 6) is 0.954. The minimum absolute atomic E-state index is 0. The van der Waals surface area contributed by atoms with Gasteiger partial charge in [0.1, 0.15) is 22.7 Å². The number of rotatable bonds is 1. The number of aromatic nitrogens is 2. The molecule has 114 valence electrons. The number of nitrogens with two attached hydrogens (primary N) is 1. The van der Waals surface area contributed by atoms with E-state index in [9.17, 15) is 0 Å². The molecule has 2 aromatic heterocycles. The fourth-order valence-corrected chi connectivity index (χ4v) is 3.15. The summed E-state index contributed by atoms with van der Waals surface area (Å²) in [5.41, 5.74) is 9.90. The third-order valence-electron chi connectivity index (χ3n) is 3.51. The molecular formula is C15H15ClN4OS. The van der Waals surface area contributed by atoms with Crippen LogP contribution in [0.25, 0.3) is 21.5 Å². The monoisotopic (exact) mass is 334 g/mol. The Hall–Kier alpha value is -1.89. The van der Waals surface area contributed by atoms with E-state index < -0.39 is 0 Å². The van der Waals surface area contributed by atoms with Crippen molar-refractivity contribution in [2.45, 2.75) is 6.54 Å². The molecule has 0 spiro atoms. The molecule has 7 heteroatoms. The zero-order valence-corrected chi connectivity index (χ0v) is 13.3. The number of nitrogens with zero attached hydrogens (tertiary/aromatic N) is 2. The van der Waals surface area contributed by atoms with Gasteiger partial charge in [0.25, 0.3) is 0 Å². The van der Waals surface area contributed by atoms with Gasteiger partial charge in [0.2, 0.25) is 0 Å². The first-order valence-corrected chi connectivity index (χ1v) is 7.60. The molecular weight excluding hydrogens is 320 g/mol. The van der Waals surface area contributed by atoms with Crippen LogP contribution in [0.3, 0.4) is 0 Å². The Bertz CT molecular complexity index is 820. The van der Waals surface area contributed by atoms with Crippen LogP contribution in [0.4, 0.5) is 5.13 Å². The van der Waals surface area contributed by atoms with Crippen molar-refractivity contribution in [1.82, 2.24) is 15.3 Å². The minimum atomic E-state index is 0. The molecule has 5 nitrogen and oxygen atoms in total. The maximum Gasteiger partial charge on any atom is 0.182 e. The fraction of sp³-hybridized carbons (Fsp3) is 0.200. The maximum atomic E-state index is 5.73. The highest BCUT2D eigenvalue weighted by atomic mass is 35.5. The molecule has 22 heavy (non-hydrogen) atoms. The van der Waals surface area contributed by atoms with Crippen molar-refractivity contribution >= 4 is 39.2 Å². The van der Waals surface area contributed by atoms with Crippen LogP contribution in [0, 0.1) is 0 Å². The lowest BCUT2D eigenvalue weighted by Gasteiger charge is -2.09. The molecule has 0 radical (unpaired) electrons. The predicted molar refractivity (Wildman–Crippen MR) is 91.7 cm³/mol. The number of benzene rings is 1. The number of nitrogens with one attached hydrogen (secondary N) is 1. The van der Waals surface area contributed by atoms with Gasteiger partial charge in [-0.15, -0.1) is 12.4 Å². The number of hydrogen-bond acceptors (Lipinski definition) is 6. The molecule has 3 heterocycles. The molecule has 1 aliphatic rings. The Morgan fingerprint density at radius 3 is 3.05 bits per heavy atom. The molecule has 1 aromatic carbocycles. The molecule has 3 N–H and O–H groups in total. The van der Waals surface area contributed by atoms with Gasteiger partial charge < -0.3 is 15.8 Å². The largest absolute Gasteiger partial charge is 0.492 e. The molecule has 0 aliphatic carbocycles. The zero-order valence-electron chi connectivity index (χ0n) is 11.7. The van der Waals surface area contributed by atoms with Crippen molar-refractivity contribution in [2.24, 2.45) is 0 Å². The van der Waals surface area contributed by atoms with Gasteiger partial charge in [-0.1, -0.05) is 17.4 Å². The van der Waals surface area contributed by atoms with E-state index in [1.165, 1.54) is 16.9 Å². The molecule has 0 unspecified atom stereocenters. The first-order chi connectivity index (χ1) is 10.3. The van der Waals surface area contributed by atoms with Crippen molar-refractivity contribution in [1.29, 1.82) is 0 Å². The van der Waals surface area contributed by atoms with Gasteiger partial charge in [-0.3, -0.25) is 0 Å². The highest BCUT2D eigenvalue weighted by molar-refractivity contribution is 7.21. The summed E-state index contributed by atoms with van der Waals surface area (Å²) in [6.45, 7) is 2.40. The van der Waals surface area contributed by atoms with Gasteiger partial charge in [0.15, 0.2) is 5.13 Å². The molecule has 0 saturated heterocycles. The third-order valence-corrected chi connectivity index (χ3v) is 4.32. The van der Waals surface area contributed by atoms with E-state index in [2.05, 4.69) is 27.4 Å². The summed E-state index contributed by atoms with van der Waals surface area (Å²) in [6.07, 6.45) is 1.87. The summed E-state index contributed by atoms with van der Waals surface area (Å²) in [6, 6.07) is 8.26. The average Bonchev–Trinajstić information content (AvgIpc) is 2.71. The highest BCUT2D eigenvalue weighted by Crippen LogP contribution is 2.30. The lowest BCUT2D eigenvalue weighted by molar-refractivity contribution is 0.326. The fourth-order valence-electron chi connectivity index (χ4n) is 2.49. The number of nitrogen functional groups attached to an aromatic ring is 1. The zero-order chi connectivity index (χ0) is 14.2. The normalized spacial score (nSPS) is 13.8. The van der Waals surface area contributed by atoms with E-state index in [1.54, 1.807) is 0 Å². The first-order valence-electron chi connectivity index (χ1n) is 6.78. The number of ether oxygens (including phenoxy) is 1. The van der Waals surface area contributed by atoms with Gasteiger partial charge in [-0.25, -0.2) is 9.97 Å². The minimum Gasteiger partial charge on any atom is -0.492 e. The van der Waals surface area contributed by atoms with Crippen LogP contribution in [0.5, 0.6) is 5.75 Å². The van der Waals surface area contributed by atoms with Crippen LogP contribution >= 0.6 is 23.7 Å². The number of thiazole rings is 1. The van der Waals surface area contributed by atoms with E-state index in [1.807, 2.05) is 18.3 Å². The van der Waals surface area contributed by atoms with Crippen LogP contribution in [0.2, 0.25) is 0 Å². The summed E-state index contributed by atoms with van der Waals surface area (Å²) >= 11 is 1.41. The molecule has 0 saturated carbocycles. The van der Waals surface area contributed by atoms with Gasteiger partial charge in [0.05, 0.1) is 0 Å². The van der Waals surface area contributed by atoms with E-state index >= 15 is 0 Å². The van der Waals surface area contributed by atoms with Crippen molar-refractivity contribution in [2.75, 3.05) is 18.9 Å². The smallest absolute Gasteiger partial charge is 0.182 e. The lowest BCUT2D eigenvalue weighted by Crippen LogP contribution is -2.16. The Balaban J connectivity index is 0.00000144. The van der Waals surface area contributed by atoms with Crippen molar-refractivity contribution < 1.29 is 4.74 Å². The van der Waals surface area contributed by atoms with Gasteiger partial charge in [-0.05, 0) is 23.8 Å². The first kappa shape index (κ1) is 15.0. The Morgan fingerprint density at radius 1 is 1.23 bits per heavy atom. The number of fused-ring (bicyclic) bond motifs is 2. The second-order valence-electron chi connectivity index (χ2n) is 4.95. The molecule has 0 fully saturated rings. The molecule has 4 rings (SSSR count). The van der Waals surface area contributed by atoms with E-state index in [0.717, 1.165) is 40.3 Å². The second-order valence-corrected chi connectivity index (χ2v) is 5.96. The maximum absolute atomic E-state index is 5.73. The van der Waals surface area contributed by atoms with Crippen LogP contribution in [0.1, 0.15) is 5.56 Å².